The molecule has 2 aromatic rings. The smallest absolute Gasteiger partial charge is 0.162 e. The molecule has 2 aromatic carbocycles. The third kappa shape index (κ3) is 5.60. The quantitative estimate of drug-likeness (QED) is 0.387. The molecule has 0 aliphatic rings. The maximum atomic E-state index is 12.9. The Labute approximate surface area is 159 Å². The lowest BCUT2D eigenvalue weighted by Gasteiger charge is -2.26. The number of hydrogen-bond acceptors (Lipinski definition) is 2. The number of rotatable bonds is 10. The highest BCUT2D eigenvalue weighted by molar-refractivity contribution is 6.17. The first-order chi connectivity index (χ1) is 12.5. The molecule has 0 bridgehead atoms. The Morgan fingerprint density at radius 1 is 0.923 bits per heavy atom. The van der Waals surface area contributed by atoms with Crippen molar-refractivity contribution in [2.24, 2.45) is 0 Å². The Morgan fingerprint density at radius 2 is 1.42 bits per heavy atom. The Kier molecular flexibility index (Phi) is 7.70. The lowest BCUT2D eigenvalue weighted by molar-refractivity contribution is 0.166. The van der Waals surface area contributed by atoms with Crippen molar-refractivity contribution in [1.82, 2.24) is 0 Å². The average Bonchev–Trinajstić information content (AvgIpc) is 2.67. The first-order valence-corrected chi connectivity index (χ1v) is 9.23. The molecule has 142 valence electrons. The van der Waals surface area contributed by atoms with Crippen molar-refractivity contribution < 1.29 is 18.3 Å². The van der Waals surface area contributed by atoms with Crippen molar-refractivity contribution in [2.45, 2.75) is 31.9 Å². The largest absolute Gasteiger partial charge is 0.494 e. The molecule has 0 spiro atoms. The Hall–Kier alpha value is -1.81. The fourth-order valence-electron chi connectivity index (χ4n) is 2.58. The minimum absolute atomic E-state index is 0.214. The normalized spacial score (nSPS) is 12.7. The van der Waals surface area contributed by atoms with Crippen LogP contribution in [0.5, 0.6) is 11.5 Å². The zero-order chi connectivity index (χ0) is 19.0. The van der Waals surface area contributed by atoms with Crippen molar-refractivity contribution in [3.8, 4) is 11.5 Å². The summed E-state index contributed by atoms with van der Waals surface area (Å²) >= 11 is 5.65. The predicted octanol–water partition coefficient (Wildman–Crippen LogP) is 5.71. The fourth-order valence-corrected chi connectivity index (χ4v) is 2.69. The van der Waals surface area contributed by atoms with Crippen LogP contribution in [0.4, 0.5) is 8.78 Å². The van der Waals surface area contributed by atoms with E-state index < -0.39 is 12.8 Å². The number of benzene rings is 2. The summed E-state index contributed by atoms with van der Waals surface area (Å²) in [6.45, 7) is 3.57. The maximum absolute atomic E-state index is 12.9. The molecule has 0 saturated heterocycles. The van der Waals surface area contributed by atoms with Gasteiger partial charge in [0.2, 0.25) is 0 Å². The summed E-state index contributed by atoms with van der Waals surface area (Å²) in [5.41, 5.74) is 2.04. The lowest BCUT2D eigenvalue weighted by Crippen LogP contribution is -2.19. The van der Waals surface area contributed by atoms with Gasteiger partial charge in [0.25, 0.3) is 0 Å². The lowest BCUT2D eigenvalue weighted by atomic mass is 9.78. The van der Waals surface area contributed by atoms with E-state index in [1.165, 1.54) is 0 Å². The van der Waals surface area contributed by atoms with Crippen LogP contribution in [0, 0.1) is 0 Å². The summed E-state index contributed by atoms with van der Waals surface area (Å²) in [4.78, 5) is 0. The van der Waals surface area contributed by atoms with E-state index in [0.717, 1.165) is 23.3 Å². The van der Waals surface area contributed by atoms with Crippen LogP contribution in [-0.2, 0) is 5.41 Å². The summed E-state index contributed by atoms with van der Waals surface area (Å²) in [7, 11) is 0. The third-order valence-electron chi connectivity index (χ3n) is 4.30. The van der Waals surface area contributed by atoms with E-state index in [-0.39, 0.29) is 12.0 Å². The summed E-state index contributed by atoms with van der Waals surface area (Å²) < 4.78 is 36.0. The molecule has 2 nitrogen and oxygen atoms in total. The highest BCUT2D eigenvalue weighted by Gasteiger charge is 2.23. The van der Waals surface area contributed by atoms with Crippen molar-refractivity contribution in [1.29, 1.82) is 0 Å². The second-order valence-electron chi connectivity index (χ2n) is 6.63. The summed E-state index contributed by atoms with van der Waals surface area (Å²) in [6, 6.07) is 15.5. The molecule has 1 atom stereocenters. The van der Waals surface area contributed by atoms with Crippen molar-refractivity contribution in [2.75, 3.05) is 25.8 Å². The highest BCUT2D eigenvalue weighted by atomic mass is 35.5. The van der Waals surface area contributed by atoms with E-state index >= 15 is 0 Å². The molecule has 0 aromatic heterocycles. The zero-order valence-corrected chi connectivity index (χ0v) is 15.9. The van der Waals surface area contributed by atoms with Crippen LogP contribution in [0.1, 0.15) is 31.4 Å². The first-order valence-electron chi connectivity index (χ1n) is 8.70. The van der Waals surface area contributed by atoms with Crippen LogP contribution in [0.25, 0.3) is 0 Å². The topological polar surface area (TPSA) is 18.5 Å². The zero-order valence-electron chi connectivity index (χ0n) is 15.2. The molecule has 0 aliphatic carbocycles. The Bertz CT molecular complexity index is 657. The number of ether oxygens (including phenoxy) is 2. The molecule has 0 N–H and O–H groups in total. The van der Waals surface area contributed by atoms with Gasteiger partial charge in [-0.15, -0.1) is 11.6 Å². The SMILES string of the molecule is CC(C)(c1ccc(OCCCCl)cc1)c1ccc(OCC(F)CF)cc1. The Balaban J connectivity index is 2.04. The molecule has 0 heterocycles. The van der Waals surface area contributed by atoms with Crippen molar-refractivity contribution in [3.63, 3.8) is 0 Å². The van der Waals surface area contributed by atoms with Gasteiger partial charge in [0.1, 0.15) is 24.8 Å². The van der Waals surface area contributed by atoms with Gasteiger partial charge < -0.3 is 9.47 Å². The van der Waals surface area contributed by atoms with E-state index in [2.05, 4.69) is 26.0 Å². The third-order valence-corrected chi connectivity index (χ3v) is 4.56. The number of alkyl halides is 3. The van der Waals surface area contributed by atoms with E-state index in [1.54, 1.807) is 12.1 Å². The van der Waals surface area contributed by atoms with Gasteiger partial charge in [0.15, 0.2) is 6.17 Å². The molecule has 0 radical (unpaired) electrons. The molecule has 5 heteroatoms. The van der Waals surface area contributed by atoms with Gasteiger partial charge in [-0.05, 0) is 41.8 Å². The van der Waals surface area contributed by atoms with Crippen LogP contribution < -0.4 is 9.47 Å². The van der Waals surface area contributed by atoms with Crippen LogP contribution in [0.3, 0.4) is 0 Å². The minimum atomic E-state index is -1.59. The molecule has 0 aliphatic heterocycles. The predicted molar refractivity (Wildman–Crippen MR) is 102 cm³/mol. The van der Waals surface area contributed by atoms with Crippen molar-refractivity contribution >= 4 is 11.6 Å². The van der Waals surface area contributed by atoms with E-state index in [4.69, 9.17) is 21.1 Å². The second kappa shape index (κ2) is 9.77. The Morgan fingerprint density at radius 3 is 1.88 bits per heavy atom. The van der Waals surface area contributed by atoms with Gasteiger partial charge in [-0.3, -0.25) is 0 Å². The minimum Gasteiger partial charge on any atom is -0.494 e. The van der Waals surface area contributed by atoms with Crippen LogP contribution in [0.15, 0.2) is 48.5 Å². The molecular weight excluding hydrogens is 358 g/mol. The van der Waals surface area contributed by atoms with Gasteiger partial charge in [0, 0.05) is 11.3 Å². The number of halogens is 3. The van der Waals surface area contributed by atoms with Gasteiger partial charge in [-0.1, -0.05) is 38.1 Å². The second-order valence-corrected chi connectivity index (χ2v) is 7.01. The maximum Gasteiger partial charge on any atom is 0.162 e. The molecule has 2 rings (SSSR count). The van der Waals surface area contributed by atoms with Crippen molar-refractivity contribution in [3.05, 3.63) is 59.7 Å². The highest BCUT2D eigenvalue weighted by Crippen LogP contribution is 2.33. The average molecular weight is 383 g/mol. The van der Waals surface area contributed by atoms with Crippen LogP contribution >= 0.6 is 11.6 Å². The number of hydrogen-bond donors (Lipinski definition) is 0. The van der Waals surface area contributed by atoms with Gasteiger partial charge >= 0.3 is 0 Å². The summed E-state index contributed by atoms with van der Waals surface area (Å²) in [5.74, 6) is 1.95. The molecule has 0 fully saturated rings. The molecule has 26 heavy (non-hydrogen) atoms. The van der Waals surface area contributed by atoms with E-state index in [0.29, 0.717) is 18.2 Å². The molecule has 0 amide bonds. The van der Waals surface area contributed by atoms with E-state index in [1.807, 2.05) is 24.3 Å². The molecule has 0 saturated carbocycles. The fraction of sp³-hybridized carbons (Fsp3) is 0.429. The summed E-state index contributed by atoms with van der Waals surface area (Å²) in [6.07, 6.45) is -0.770. The molecular formula is C21H25ClF2O2. The summed E-state index contributed by atoms with van der Waals surface area (Å²) in [5, 5.41) is 0. The monoisotopic (exact) mass is 382 g/mol. The van der Waals surface area contributed by atoms with Gasteiger partial charge in [-0.2, -0.15) is 0 Å². The standard InChI is InChI=1S/C21H25ClF2O2/c1-21(2,16-4-8-19(9-5-16)25-13-3-12-22)17-6-10-20(11-7-17)26-15-18(24)14-23/h4-11,18H,3,12-15H2,1-2H3. The first kappa shape index (κ1) is 20.5. The van der Waals surface area contributed by atoms with Crippen LogP contribution in [0.2, 0.25) is 0 Å². The van der Waals surface area contributed by atoms with Gasteiger partial charge in [0.05, 0.1) is 6.61 Å². The van der Waals surface area contributed by atoms with Crippen LogP contribution in [-0.4, -0.2) is 31.9 Å². The molecule has 1 unspecified atom stereocenters. The van der Waals surface area contributed by atoms with Gasteiger partial charge in [-0.25, -0.2) is 8.78 Å². The van der Waals surface area contributed by atoms with E-state index in [9.17, 15) is 8.78 Å².